The van der Waals surface area contributed by atoms with Crippen LogP contribution in [0.15, 0.2) is 47.6 Å². The van der Waals surface area contributed by atoms with Crippen molar-refractivity contribution in [1.82, 2.24) is 20.2 Å². The summed E-state index contributed by atoms with van der Waals surface area (Å²) in [6.07, 6.45) is 0. The topological polar surface area (TPSA) is 63.8 Å². The van der Waals surface area contributed by atoms with Crippen molar-refractivity contribution >= 4 is 11.8 Å². The summed E-state index contributed by atoms with van der Waals surface area (Å²) in [6, 6.07) is 14.0. The average molecular weight is 326 g/mol. The van der Waals surface area contributed by atoms with Crippen LogP contribution in [0.4, 0.5) is 0 Å². The van der Waals surface area contributed by atoms with Crippen LogP contribution in [-0.4, -0.2) is 25.3 Å². The molecule has 2 aromatic carbocycles. The lowest BCUT2D eigenvalue weighted by molar-refractivity contribution is 0.282. The number of hydrogen-bond donors (Lipinski definition) is 1. The van der Waals surface area contributed by atoms with Crippen molar-refractivity contribution in [3.8, 4) is 5.69 Å². The quantitative estimate of drug-likeness (QED) is 0.730. The number of thioether (sulfide) groups is 1. The lowest BCUT2D eigenvalue weighted by Gasteiger charge is -2.09. The molecule has 3 aromatic rings. The molecule has 0 aliphatic rings. The Balaban J connectivity index is 1.79. The highest BCUT2D eigenvalue weighted by Gasteiger charge is 2.12. The maximum absolute atomic E-state index is 9.08. The molecule has 23 heavy (non-hydrogen) atoms. The molecular formula is C17H18N4OS. The Hall–Kier alpha value is -2.18. The second-order valence-electron chi connectivity index (χ2n) is 5.36. The van der Waals surface area contributed by atoms with Crippen molar-refractivity contribution in [2.75, 3.05) is 0 Å². The third-order valence-corrected chi connectivity index (χ3v) is 4.81. The van der Waals surface area contributed by atoms with Crippen LogP contribution in [0.3, 0.4) is 0 Å². The zero-order valence-electron chi connectivity index (χ0n) is 13.1. The van der Waals surface area contributed by atoms with Gasteiger partial charge in [-0.25, -0.2) is 0 Å². The summed E-state index contributed by atoms with van der Waals surface area (Å²) < 4.78 is 1.79. The highest BCUT2D eigenvalue weighted by atomic mass is 32.2. The van der Waals surface area contributed by atoms with Crippen molar-refractivity contribution in [1.29, 1.82) is 0 Å². The molecule has 0 saturated carbocycles. The largest absolute Gasteiger partial charge is 0.392 e. The number of nitrogens with zero attached hydrogens (tertiary/aromatic N) is 4. The van der Waals surface area contributed by atoms with Gasteiger partial charge in [0.25, 0.3) is 0 Å². The fourth-order valence-corrected chi connectivity index (χ4v) is 3.11. The fraction of sp³-hybridized carbons (Fsp3) is 0.235. The van der Waals surface area contributed by atoms with Crippen LogP contribution < -0.4 is 0 Å². The normalized spacial score (nSPS) is 10.9. The lowest BCUT2D eigenvalue weighted by Crippen LogP contribution is -2.02. The number of aryl methyl sites for hydroxylation is 1. The van der Waals surface area contributed by atoms with Gasteiger partial charge in [-0.05, 0) is 52.6 Å². The molecule has 0 atom stereocenters. The van der Waals surface area contributed by atoms with Gasteiger partial charge in [0.1, 0.15) is 0 Å². The van der Waals surface area contributed by atoms with Gasteiger partial charge in [-0.1, -0.05) is 48.2 Å². The van der Waals surface area contributed by atoms with Gasteiger partial charge in [0, 0.05) is 5.75 Å². The molecule has 6 heteroatoms. The van der Waals surface area contributed by atoms with Gasteiger partial charge in [0.15, 0.2) is 0 Å². The van der Waals surface area contributed by atoms with Crippen molar-refractivity contribution in [3.63, 3.8) is 0 Å². The summed E-state index contributed by atoms with van der Waals surface area (Å²) in [6.45, 7) is 4.23. The summed E-state index contributed by atoms with van der Waals surface area (Å²) in [5, 5.41) is 21.9. The highest BCUT2D eigenvalue weighted by molar-refractivity contribution is 7.98. The molecule has 0 unspecified atom stereocenters. The predicted octanol–water partition coefficient (Wildman–Crippen LogP) is 3.06. The van der Waals surface area contributed by atoms with Crippen molar-refractivity contribution < 1.29 is 5.11 Å². The minimum atomic E-state index is 0.0678. The first-order valence-electron chi connectivity index (χ1n) is 7.35. The number of aromatic nitrogens is 4. The maximum atomic E-state index is 9.08. The van der Waals surface area contributed by atoms with E-state index < -0.39 is 0 Å². The van der Waals surface area contributed by atoms with Crippen LogP contribution in [0.2, 0.25) is 0 Å². The van der Waals surface area contributed by atoms with Crippen LogP contribution in [0.1, 0.15) is 22.3 Å². The van der Waals surface area contributed by atoms with E-state index in [9.17, 15) is 0 Å². The van der Waals surface area contributed by atoms with Gasteiger partial charge in [0.2, 0.25) is 5.16 Å². The van der Waals surface area contributed by atoms with E-state index in [1.807, 2.05) is 36.4 Å². The number of aliphatic hydroxyl groups is 1. The van der Waals surface area contributed by atoms with Crippen LogP contribution >= 0.6 is 11.8 Å². The third-order valence-electron chi connectivity index (χ3n) is 3.82. The van der Waals surface area contributed by atoms with E-state index in [1.165, 1.54) is 16.7 Å². The Morgan fingerprint density at radius 2 is 1.78 bits per heavy atom. The third kappa shape index (κ3) is 3.43. The molecule has 0 amide bonds. The Kier molecular flexibility index (Phi) is 4.73. The van der Waals surface area contributed by atoms with Crippen LogP contribution in [0, 0.1) is 13.8 Å². The Labute approximate surface area is 139 Å². The van der Waals surface area contributed by atoms with E-state index in [-0.39, 0.29) is 6.61 Å². The molecule has 5 nitrogen and oxygen atoms in total. The molecule has 0 aliphatic carbocycles. The molecule has 0 aliphatic heterocycles. The Morgan fingerprint density at radius 3 is 2.52 bits per heavy atom. The summed E-state index contributed by atoms with van der Waals surface area (Å²) >= 11 is 1.59. The number of tetrazole rings is 1. The molecule has 1 N–H and O–H groups in total. The van der Waals surface area contributed by atoms with Crippen LogP contribution in [-0.2, 0) is 12.4 Å². The first kappa shape index (κ1) is 15.7. The minimum absolute atomic E-state index is 0.0678. The van der Waals surface area contributed by atoms with Gasteiger partial charge in [-0.3, -0.25) is 0 Å². The molecule has 1 heterocycles. The average Bonchev–Trinajstić information content (AvgIpc) is 3.04. The smallest absolute Gasteiger partial charge is 0.214 e. The second-order valence-corrected chi connectivity index (χ2v) is 6.30. The van der Waals surface area contributed by atoms with Crippen molar-refractivity contribution in [3.05, 3.63) is 64.7 Å². The first-order chi connectivity index (χ1) is 11.2. The van der Waals surface area contributed by atoms with Crippen molar-refractivity contribution in [2.45, 2.75) is 31.4 Å². The molecule has 0 spiro atoms. The number of benzene rings is 2. The van der Waals surface area contributed by atoms with Gasteiger partial charge in [-0.2, -0.15) is 4.68 Å². The molecule has 0 fully saturated rings. The summed E-state index contributed by atoms with van der Waals surface area (Å²) in [5.41, 5.74) is 5.48. The molecule has 118 valence electrons. The zero-order chi connectivity index (χ0) is 16.2. The first-order valence-corrected chi connectivity index (χ1v) is 8.34. The number of hydrogen-bond acceptors (Lipinski definition) is 5. The standard InChI is InChI=1S/C17H18N4OS/c1-12-4-3-5-16(13(12)2)21-17(18-19-20-21)23-11-15-8-6-14(10-22)7-9-15/h3-9,22H,10-11H2,1-2H3. The van der Waals surface area contributed by atoms with E-state index in [4.69, 9.17) is 5.11 Å². The molecule has 0 radical (unpaired) electrons. The molecular weight excluding hydrogens is 308 g/mol. The molecule has 3 rings (SSSR count). The number of aliphatic hydroxyl groups excluding tert-OH is 1. The summed E-state index contributed by atoms with van der Waals surface area (Å²) in [7, 11) is 0. The maximum Gasteiger partial charge on any atom is 0.214 e. The van der Waals surface area contributed by atoms with E-state index in [2.05, 4.69) is 35.4 Å². The van der Waals surface area contributed by atoms with E-state index >= 15 is 0 Å². The number of rotatable bonds is 5. The monoisotopic (exact) mass is 326 g/mol. The highest BCUT2D eigenvalue weighted by Crippen LogP contribution is 2.25. The fourth-order valence-electron chi connectivity index (χ4n) is 2.27. The zero-order valence-corrected chi connectivity index (χ0v) is 13.9. The van der Waals surface area contributed by atoms with Gasteiger partial charge in [-0.15, -0.1) is 5.10 Å². The SMILES string of the molecule is Cc1cccc(-n2nnnc2SCc2ccc(CO)cc2)c1C. The second kappa shape index (κ2) is 6.93. The van der Waals surface area contributed by atoms with Crippen LogP contribution in [0.5, 0.6) is 0 Å². The Morgan fingerprint density at radius 1 is 1.04 bits per heavy atom. The minimum Gasteiger partial charge on any atom is -0.392 e. The molecule has 0 saturated heterocycles. The lowest BCUT2D eigenvalue weighted by atomic mass is 10.1. The Bertz CT molecular complexity index is 799. The van der Waals surface area contributed by atoms with E-state index in [1.54, 1.807) is 16.4 Å². The summed E-state index contributed by atoms with van der Waals surface area (Å²) in [4.78, 5) is 0. The molecule has 0 bridgehead atoms. The van der Waals surface area contributed by atoms with E-state index in [0.717, 1.165) is 22.2 Å². The van der Waals surface area contributed by atoms with Gasteiger partial charge >= 0.3 is 0 Å². The van der Waals surface area contributed by atoms with Gasteiger partial charge in [0.05, 0.1) is 12.3 Å². The predicted molar refractivity (Wildman–Crippen MR) is 90.6 cm³/mol. The van der Waals surface area contributed by atoms with Crippen LogP contribution in [0.25, 0.3) is 5.69 Å². The van der Waals surface area contributed by atoms with E-state index in [0.29, 0.717) is 0 Å². The van der Waals surface area contributed by atoms with Gasteiger partial charge < -0.3 is 5.11 Å². The van der Waals surface area contributed by atoms with Crippen molar-refractivity contribution in [2.24, 2.45) is 0 Å². The molecule has 1 aromatic heterocycles. The summed E-state index contributed by atoms with van der Waals surface area (Å²) in [5.74, 6) is 0.775.